The van der Waals surface area contributed by atoms with E-state index in [0.717, 1.165) is 5.56 Å². The summed E-state index contributed by atoms with van der Waals surface area (Å²) >= 11 is 1.57. The number of likely N-dealkylation sites (N-methyl/N-ethyl adjacent to an activating group) is 1. The lowest BCUT2D eigenvalue weighted by atomic mass is 10.1. The van der Waals surface area contributed by atoms with Crippen LogP contribution in [0.25, 0.3) is 0 Å². The molecule has 0 saturated heterocycles. The van der Waals surface area contributed by atoms with Crippen molar-refractivity contribution in [2.24, 2.45) is 0 Å². The number of ether oxygens (including phenoxy) is 2. The molecule has 0 radical (unpaired) electrons. The number of sulfonamides is 1. The van der Waals surface area contributed by atoms with E-state index in [9.17, 15) is 13.2 Å². The summed E-state index contributed by atoms with van der Waals surface area (Å²) in [5.74, 6) is 1.70. The topological polar surface area (TPSA) is 84.9 Å². The summed E-state index contributed by atoms with van der Waals surface area (Å²) in [7, 11) is -3.82. The van der Waals surface area contributed by atoms with Gasteiger partial charge in [-0.2, -0.15) is 16.5 Å². The van der Waals surface area contributed by atoms with Gasteiger partial charge in [0.05, 0.1) is 4.90 Å². The third-order valence-corrected chi connectivity index (χ3v) is 7.09. The highest BCUT2D eigenvalue weighted by Gasteiger charge is 2.29. The smallest absolute Gasteiger partial charge is 0.241 e. The minimum Gasteiger partial charge on any atom is -0.486 e. The maximum absolute atomic E-state index is 13.4. The van der Waals surface area contributed by atoms with Gasteiger partial charge in [0.1, 0.15) is 19.3 Å². The molecule has 0 spiro atoms. The molecule has 1 aliphatic heterocycles. The van der Waals surface area contributed by atoms with Crippen molar-refractivity contribution in [1.82, 2.24) is 9.62 Å². The Morgan fingerprint density at radius 2 is 1.87 bits per heavy atom. The van der Waals surface area contributed by atoms with E-state index < -0.39 is 16.1 Å². The van der Waals surface area contributed by atoms with Crippen LogP contribution in [0.4, 0.5) is 0 Å². The second-order valence-corrected chi connectivity index (χ2v) is 9.76. The van der Waals surface area contributed by atoms with E-state index >= 15 is 0 Å². The number of fused-ring (bicyclic) bond motifs is 1. The minimum atomic E-state index is -3.82. The zero-order chi connectivity index (χ0) is 22.3. The average molecular weight is 465 g/mol. The van der Waals surface area contributed by atoms with Crippen molar-refractivity contribution in [1.29, 1.82) is 0 Å². The van der Waals surface area contributed by atoms with Crippen molar-refractivity contribution in [3.63, 3.8) is 0 Å². The summed E-state index contributed by atoms with van der Waals surface area (Å²) in [4.78, 5) is 15.2. The summed E-state index contributed by atoms with van der Waals surface area (Å²) in [6, 6.07) is 12.9. The van der Waals surface area contributed by atoms with Gasteiger partial charge in [-0.05, 0) is 43.6 Å². The van der Waals surface area contributed by atoms with Crippen LogP contribution >= 0.6 is 11.8 Å². The van der Waals surface area contributed by atoms with Gasteiger partial charge in [-0.3, -0.25) is 4.79 Å². The standard InChI is InChI=1S/C22H28N2O5S2/c1-3-24(16-17-8-7-11-20-21(17)29-14-13-28-20)22(25)19(12-15-30-2)23-31(26,27)18-9-5-4-6-10-18/h4-11,19,23H,3,12-16H2,1-2H3. The molecule has 0 aliphatic carbocycles. The van der Waals surface area contributed by atoms with Gasteiger partial charge in [-0.1, -0.05) is 30.3 Å². The molecule has 2 aromatic rings. The van der Waals surface area contributed by atoms with Gasteiger partial charge in [0.25, 0.3) is 0 Å². The second-order valence-electron chi connectivity index (χ2n) is 7.06. The SMILES string of the molecule is CCN(Cc1cccc2c1OCCO2)C(=O)C(CCSC)NS(=O)(=O)c1ccccc1. The van der Waals surface area contributed by atoms with E-state index in [1.807, 2.05) is 31.4 Å². The lowest BCUT2D eigenvalue weighted by molar-refractivity contribution is -0.133. The Bertz CT molecular complexity index is 983. The van der Waals surface area contributed by atoms with Gasteiger partial charge in [-0.15, -0.1) is 0 Å². The number of benzene rings is 2. The highest BCUT2D eigenvalue weighted by Crippen LogP contribution is 2.34. The highest BCUT2D eigenvalue weighted by atomic mass is 32.2. The largest absolute Gasteiger partial charge is 0.486 e. The molecule has 1 unspecified atom stereocenters. The summed E-state index contributed by atoms with van der Waals surface area (Å²) < 4.78 is 39.7. The first kappa shape index (κ1) is 23.4. The number of hydrogen-bond acceptors (Lipinski definition) is 6. The van der Waals surface area contributed by atoms with Crippen molar-refractivity contribution in [2.45, 2.75) is 30.8 Å². The fourth-order valence-corrected chi connectivity index (χ4v) is 5.07. The van der Waals surface area contributed by atoms with Gasteiger partial charge in [-0.25, -0.2) is 8.42 Å². The zero-order valence-corrected chi connectivity index (χ0v) is 19.4. The molecule has 1 amide bonds. The number of nitrogens with one attached hydrogen (secondary N) is 1. The fourth-order valence-electron chi connectivity index (χ4n) is 3.35. The number of thioether (sulfide) groups is 1. The molecular formula is C22H28N2O5S2. The third kappa shape index (κ3) is 5.93. The molecule has 1 aliphatic rings. The summed E-state index contributed by atoms with van der Waals surface area (Å²) in [6.45, 7) is 3.57. The van der Waals surface area contributed by atoms with E-state index in [0.29, 0.717) is 50.0 Å². The molecule has 168 valence electrons. The van der Waals surface area contributed by atoms with Crippen LogP contribution in [0.5, 0.6) is 11.5 Å². The molecule has 7 nitrogen and oxygen atoms in total. The molecule has 1 atom stereocenters. The molecule has 2 aromatic carbocycles. The van der Waals surface area contributed by atoms with Crippen molar-refractivity contribution in [3.05, 3.63) is 54.1 Å². The monoisotopic (exact) mass is 464 g/mol. The number of nitrogens with zero attached hydrogens (tertiary/aromatic N) is 1. The Morgan fingerprint density at radius 3 is 2.58 bits per heavy atom. The number of carbonyl (C=O) groups excluding carboxylic acids is 1. The minimum absolute atomic E-state index is 0.141. The number of amides is 1. The van der Waals surface area contributed by atoms with E-state index in [2.05, 4.69) is 4.72 Å². The quantitative estimate of drug-likeness (QED) is 0.582. The fraction of sp³-hybridized carbons (Fsp3) is 0.409. The van der Waals surface area contributed by atoms with Gasteiger partial charge in [0.2, 0.25) is 15.9 Å². The second kappa shape index (κ2) is 10.9. The first-order valence-electron chi connectivity index (χ1n) is 10.2. The maximum Gasteiger partial charge on any atom is 0.241 e. The zero-order valence-electron chi connectivity index (χ0n) is 17.7. The van der Waals surface area contributed by atoms with Crippen LogP contribution in [0.15, 0.2) is 53.4 Å². The van der Waals surface area contributed by atoms with Gasteiger partial charge in [0, 0.05) is 18.7 Å². The number of hydrogen-bond donors (Lipinski definition) is 1. The third-order valence-electron chi connectivity index (χ3n) is 4.96. The Balaban J connectivity index is 1.81. The molecule has 0 saturated carbocycles. The highest BCUT2D eigenvalue weighted by molar-refractivity contribution is 7.98. The van der Waals surface area contributed by atoms with Gasteiger partial charge in [0.15, 0.2) is 11.5 Å². The molecule has 3 rings (SSSR count). The van der Waals surface area contributed by atoms with E-state index in [-0.39, 0.29) is 10.8 Å². The molecule has 1 N–H and O–H groups in total. The average Bonchev–Trinajstić information content (AvgIpc) is 2.80. The number of para-hydroxylation sites is 1. The first-order chi connectivity index (χ1) is 15.0. The van der Waals surface area contributed by atoms with Crippen LogP contribution in [0, 0.1) is 0 Å². The molecular weight excluding hydrogens is 436 g/mol. The van der Waals surface area contributed by atoms with Crippen LogP contribution in [0.3, 0.4) is 0 Å². The first-order valence-corrected chi connectivity index (χ1v) is 13.1. The van der Waals surface area contributed by atoms with Crippen LogP contribution in [-0.2, 0) is 21.4 Å². The van der Waals surface area contributed by atoms with Crippen LogP contribution in [0.2, 0.25) is 0 Å². The predicted octanol–water partition coefficient (Wildman–Crippen LogP) is 2.91. The molecule has 1 heterocycles. The van der Waals surface area contributed by atoms with Crippen molar-refractivity contribution in [2.75, 3.05) is 31.8 Å². The molecule has 0 aromatic heterocycles. The van der Waals surface area contributed by atoms with E-state index in [1.54, 1.807) is 34.9 Å². The summed E-state index contributed by atoms with van der Waals surface area (Å²) in [6.07, 6.45) is 2.33. The van der Waals surface area contributed by atoms with Crippen molar-refractivity contribution >= 4 is 27.7 Å². The van der Waals surface area contributed by atoms with Crippen molar-refractivity contribution < 1.29 is 22.7 Å². The normalized spacial score (nSPS) is 14.1. The maximum atomic E-state index is 13.4. The summed E-state index contributed by atoms with van der Waals surface area (Å²) in [5, 5.41) is 0. The summed E-state index contributed by atoms with van der Waals surface area (Å²) in [5.41, 5.74) is 0.835. The van der Waals surface area contributed by atoms with Crippen LogP contribution in [-0.4, -0.2) is 57.0 Å². The Labute approximate surface area is 188 Å². The molecule has 0 bridgehead atoms. The van der Waals surface area contributed by atoms with Crippen LogP contribution in [0.1, 0.15) is 18.9 Å². The van der Waals surface area contributed by atoms with E-state index in [1.165, 1.54) is 12.1 Å². The van der Waals surface area contributed by atoms with Gasteiger partial charge < -0.3 is 14.4 Å². The van der Waals surface area contributed by atoms with Crippen molar-refractivity contribution in [3.8, 4) is 11.5 Å². The molecule has 0 fully saturated rings. The number of rotatable bonds is 10. The van der Waals surface area contributed by atoms with Crippen LogP contribution < -0.4 is 14.2 Å². The predicted molar refractivity (Wildman–Crippen MR) is 122 cm³/mol. The Morgan fingerprint density at radius 1 is 1.13 bits per heavy atom. The Hall–Kier alpha value is -2.23. The lowest BCUT2D eigenvalue weighted by Crippen LogP contribution is -2.48. The van der Waals surface area contributed by atoms with Gasteiger partial charge >= 0.3 is 0 Å². The van der Waals surface area contributed by atoms with E-state index in [4.69, 9.17) is 9.47 Å². The molecule has 9 heteroatoms. The Kier molecular flexibility index (Phi) is 8.22. The molecule has 31 heavy (non-hydrogen) atoms. The lowest BCUT2D eigenvalue weighted by Gasteiger charge is -2.28. The number of carbonyl (C=O) groups is 1.